The van der Waals surface area contributed by atoms with Gasteiger partial charge >= 0.3 is 0 Å². The first-order chi connectivity index (χ1) is 8.90. The molecule has 0 bridgehead atoms. The Balaban J connectivity index is 2.00. The molecule has 2 aromatic carbocycles. The highest BCUT2D eigenvalue weighted by atomic mass is 15.1. The zero-order valence-electron chi connectivity index (χ0n) is 9.41. The van der Waals surface area contributed by atoms with Crippen LogP contribution >= 0.6 is 0 Å². The minimum absolute atomic E-state index is 0.590. The normalized spacial score (nSPS) is 15.1. The standard InChI is InChI=1S/C14H8N4/c1-2-6-10-9(5-1)15-13(16-10)14-17-11-7-3-4-8-12(11)18-14/h1-8H. The Kier molecular flexibility index (Phi) is 1.80. The van der Waals surface area contributed by atoms with Gasteiger partial charge in [-0.15, -0.1) is 0 Å². The molecule has 18 heavy (non-hydrogen) atoms. The Morgan fingerprint density at radius 1 is 0.444 bits per heavy atom. The molecule has 0 saturated carbocycles. The molecule has 0 spiro atoms. The van der Waals surface area contributed by atoms with Gasteiger partial charge in [0.1, 0.15) is 0 Å². The molecule has 84 valence electrons. The molecular weight excluding hydrogens is 224 g/mol. The van der Waals surface area contributed by atoms with Crippen molar-refractivity contribution in [1.82, 2.24) is 0 Å². The Bertz CT molecular complexity index is 771. The first kappa shape index (κ1) is 9.41. The van der Waals surface area contributed by atoms with Crippen molar-refractivity contribution in [2.75, 3.05) is 0 Å². The van der Waals surface area contributed by atoms with Crippen molar-refractivity contribution >= 4 is 0 Å². The fourth-order valence-electron chi connectivity index (χ4n) is 2.01. The van der Waals surface area contributed by atoms with Crippen molar-refractivity contribution in [3.63, 3.8) is 0 Å². The Hall–Kier alpha value is -2.62. The lowest BCUT2D eigenvalue weighted by molar-refractivity contribution is 1.08. The van der Waals surface area contributed by atoms with E-state index in [1.807, 2.05) is 48.5 Å². The molecular formula is C14H8N4. The molecule has 0 radical (unpaired) electrons. The van der Waals surface area contributed by atoms with Crippen molar-refractivity contribution in [1.29, 1.82) is 0 Å². The largest absolute Gasteiger partial charge is 0.224 e. The fourth-order valence-corrected chi connectivity index (χ4v) is 2.01. The summed E-state index contributed by atoms with van der Waals surface area (Å²) in [5.74, 6) is 1.18. The van der Waals surface area contributed by atoms with Crippen molar-refractivity contribution in [3.8, 4) is 0 Å². The SMILES string of the molecule is c1ccc2c(c1)=NC(=C1N=c3ccccc3=N1)N=2. The summed E-state index contributed by atoms with van der Waals surface area (Å²) >= 11 is 0. The summed E-state index contributed by atoms with van der Waals surface area (Å²) in [6, 6.07) is 15.5. The molecule has 2 aliphatic heterocycles. The van der Waals surface area contributed by atoms with Crippen LogP contribution in [0.5, 0.6) is 0 Å². The lowest BCUT2D eigenvalue weighted by atomic mass is 10.3. The molecule has 4 heteroatoms. The van der Waals surface area contributed by atoms with Gasteiger partial charge in [0.05, 0.1) is 21.4 Å². The van der Waals surface area contributed by atoms with Gasteiger partial charge in [-0.3, -0.25) is 0 Å². The summed E-state index contributed by atoms with van der Waals surface area (Å²) in [7, 11) is 0. The Labute approximate surface area is 102 Å². The number of fused-ring (bicyclic) bond motifs is 2. The van der Waals surface area contributed by atoms with Gasteiger partial charge in [-0.05, 0) is 24.3 Å². The zero-order chi connectivity index (χ0) is 11.9. The van der Waals surface area contributed by atoms with Crippen LogP contribution < -0.4 is 21.4 Å². The smallest absolute Gasteiger partial charge is 0.199 e. The highest BCUT2D eigenvalue weighted by Crippen LogP contribution is 2.11. The minimum atomic E-state index is 0.590. The van der Waals surface area contributed by atoms with E-state index >= 15 is 0 Å². The first-order valence-electron chi connectivity index (χ1n) is 5.69. The van der Waals surface area contributed by atoms with Gasteiger partial charge in [0.25, 0.3) is 0 Å². The molecule has 0 saturated heterocycles. The van der Waals surface area contributed by atoms with Gasteiger partial charge in [-0.1, -0.05) is 24.3 Å². The topological polar surface area (TPSA) is 49.4 Å². The average Bonchev–Trinajstić information content (AvgIpc) is 3.02. The molecule has 2 heterocycles. The third-order valence-corrected chi connectivity index (χ3v) is 2.87. The van der Waals surface area contributed by atoms with E-state index in [-0.39, 0.29) is 0 Å². The lowest BCUT2D eigenvalue weighted by Gasteiger charge is -1.88. The van der Waals surface area contributed by atoms with Crippen molar-refractivity contribution in [2.24, 2.45) is 20.0 Å². The Morgan fingerprint density at radius 2 is 0.722 bits per heavy atom. The van der Waals surface area contributed by atoms with Crippen LogP contribution in [0.4, 0.5) is 0 Å². The van der Waals surface area contributed by atoms with E-state index in [1.54, 1.807) is 0 Å². The first-order valence-corrected chi connectivity index (χ1v) is 5.69. The quantitative estimate of drug-likeness (QED) is 0.615. The second kappa shape index (κ2) is 3.43. The van der Waals surface area contributed by atoms with Crippen LogP contribution in [0.1, 0.15) is 0 Å². The van der Waals surface area contributed by atoms with Gasteiger partial charge < -0.3 is 0 Å². The number of para-hydroxylation sites is 4. The minimum Gasteiger partial charge on any atom is -0.224 e. The predicted molar refractivity (Wildman–Crippen MR) is 64.5 cm³/mol. The molecule has 2 aromatic rings. The Morgan fingerprint density at radius 3 is 1.00 bits per heavy atom. The molecule has 4 nitrogen and oxygen atoms in total. The molecule has 0 fully saturated rings. The molecule has 0 atom stereocenters. The number of nitrogens with zero attached hydrogens (tertiary/aromatic N) is 4. The van der Waals surface area contributed by atoms with Crippen LogP contribution in [0.25, 0.3) is 0 Å². The molecule has 0 aromatic heterocycles. The van der Waals surface area contributed by atoms with E-state index in [9.17, 15) is 0 Å². The molecule has 0 amide bonds. The molecule has 0 N–H and O–H groups in total. The molecule has 4 rings (SSSR count). The summed E-state index contributed by atoms with van der Waals surface area (Å²) in [6.45, 7) is 0. The van der Waals surface area contributed by atoms with E-state index in [2.05, 4.69) is 20.0 Å². The maximum atomic E-state index is 4.44. The summed E-state index contributed by atoms with van der Waals surface area (Å²) in [6.07, 6.45) is 0. The van der Waals surface area contributed by atoms with Gasteiger partial charge in [-0.25, -0.2) is 20.0 Å². The van der Waals surface area contributed by atoms with Gasteiger partial charge in [0.15, 0.2) is 11.6 Å². The van der Waals surface area contributed by atoms with Gasteiger partial charge in [-0.2, -0.15) is 0 Å². The second-order valence-electron chi connectivity index (χ2n) is 4.07. The monoisotopic (exact) mass is 232 g/mol. The van der Waals surface area contributed by atoms with E-state index in [0.717, 1.165) is 21.4 Å². The number of benzene rings is 2. The van der Waals surface area contributed by atoms with Gasteiger partial charge in [0, 0.05) is 0 Å². The van der Waals surface area contributed by atoms with Crippen molar-refractivity contribution in [2.45, 2.75) is 0 Å². The number of rotatable bonds is 0. The van der Waals surface area contributed by atoms with Crippen LogP contribution in [-0.4, -0.2) is 0 Å². The van der Waals surface area contributed by atoms with E-state index in [1.165, 1.54) is 0 Å². The third kappa shape index (κ3) is 1.32. The predicted octanol–water partition coefficient (Wildman–Crippen LogP) is 0.0190. The average molecular weight is 232 g/mol. The molecule has 2 aliphatic rings. The van der Waals surface area contributed by atoms with Crippen LogP contribution in [0, 0.1) is 0 Å². The van der Waals surface area contributed by atoms with E-state index in [4.69, 9.17) is 0 Å². The van der Waals surface area contributed by atoms with Gasteiger partial charge in [0.2, 0.25) is 0 Å². The molecule has 0 unspecified atom stereocenters. The van der Waals surface area contributed by atoms with E-state index in [0.29, 0.717) is 11.6 Å². The van der Waals surface area contributed by atoms with Crippen LogP contribution in [-0.2, 0) is 0 Å². The fraction of sp³-hybridized carbons (Fsp3) is 0. The summed E-state index contributed by atoms with van der Waals surface area (Å²) < 4.78 is 0. The second-order valence-corrected chi connectivity index (χ2v) is 4.07. The maximum absolute atomic E-state index is 4.44. The third-order valence-electron chi connectivity index (χ3n) is 2.87. The highest BCUT2D eigenvalue weighted by Gasteiger charge is 2.11. The lowest BCUT2D eigenvalue weighted by Crippen LogP contribution is -2.19. The number of hydrogen-bond donors (Lipinski definition) is 0. The van der Waals surface area contributed by atoms with Crippen LogP contribution in [0.15, 0.2) is 80.1 Å². The summed E-state index contributed by atoms with van der Waals surface area (Å²) in [5, 5.41) is 3.51. The summed E-state index contributed by atoms with van der Waals surface area (Å²) in [5.41, 5.74) is 0. The summed E-state index contributed by atoms with van der Waals surface area (Å²) in [4.78, 5) is 17.8. The van der Waals surface area contributed by atoms with E-state index < -0.39 is 0 Å². The van der Waals surface area contributed by atoms with Crippen molar-refractivity contribution < 1.29 is 0 Å². The zero-order valence-corrected chi connectivity index (χ0v) is 9.41. The van der Waals surface area contributed by atoms with Crippen LogP contribution in [0.3, 0.4) is 0 Å². The maximum Gasteiger partial charge on any atom is 0.199 e. The van der Waals surface area contributed by atoms with Crippen molar-refractivity contribution in [3.05, 3.63) is 81.6 Å². The number of hydrogen-bond acceptors (Lipinski definition) is 4. The highest BCUT2D eigenvalue weighted by molar-refractivity contribution is 5.21. The van der Waals surface area contributed by atoms with Crippen LogP contribution in [0.2, 0.25) is 0 Å². The molecule has 0 aliphatic carbocycles.